The van der Waals surface area contributed by atoms with Crippen LogP contribution in [0, 0.1) is 0 Å². The summed E-state index contributed by atoms with van der Waals surface area (Å²) in [6, 6.07) is 26.6. The largest absolute Gasteiger partial charge is 0.354 e. The quantitative estimate of drug-likeness (QED) is 0.223. The molecule has 2 heterocycles. The van der Waals surface area contributed by atoms with Gasteiger partial charge < -0.3 is 20.9 Å². The molecular formula is C35H38N4O3S. The summed E-state index contributed by atoms with van der Waals surface area (Å²) in [7, 11) is 0. The van der Waals surface area contributed by atoms with Crippen molar-refractivity contribution in [1.29, 1.82) is 0 Å². The predicted octanol–water partition coefficient (Wildman–Crippen LogP) is 4.50. The van der Waals surface area contributed by atoms with Crippen molar-refractivity contribution >= 4 is 39.1 Å². The molecule has 0 radical (unpaired) electrons. The average molecular weight is 595 g/mol. The lowest BCUT2D eigenvalue weighted by Gasteiger charge is -2.31. The minimum atomic E-state index is -1.21. The van der Waals surface area contributed by atoms with Crippen molar-refractivity contribution < 1.29 is 14.4 Å². The summed E-state index contributed by atoms with van der Waals surface area (Å²) < 4.78 is 1.02. The van der Waals surface area contributed by atoms with Crippen LogP contribution < -0.4 is 16.0 Å². The van der Waals surface area contributed by atoms with Gasteiger partial charge in [0.2, 0.25) is 11.8 Å². The van der Waals surface area contributed by atoms with Gasteiger partial charge in [0, 0.05) is 30.5 Å². The zero-order chi connectivity index (χ0) is 29.6. The monoisotopic (exact) mass is 594 g/mol. The van der Waals surface area contributed by atoms with Gasteiger partial charge in [-0.1, -0.05) is 72.8 Å². The van der Waals surface area contributed by atoms with Gasteiger partial charge >= 0.3 is 0 Å². The smallest absolute Gasteiger partial charge is 0.262 e. The van der Waals surface area contributed by atoms with Crippen LogP contribution in [0.2, 0.25) is 0 Å². The van der Waals surface area contributed by atoms with E-state index in [1.54, 1.807) is 0 Å². The number of carbonyl (C=O) groups excluding carboxylic acids is 3. The minimum Gasteiger partial charge on any atom is -0.354 e. The number of hydrogen-bond donors (Lipinski definition) is 3. The number of thiophene rings is 1. The van der Waals surface area contributed by atoms with E-state index in [2.05, 4.69) is 20.9 Å². The fraction of sp³-hybridized carbons (Fsp3) is 0.343. The molecule has 1 fully saturated rings. The fourth-order valence-electron chi connectivity index (χ4n) is 6.29. The van der Waals surface area contributed by atoms with Crippen LogP contribution >= 0.6 is 11.3 Å². The fourth-order valence-corrected chi connectivity index (χ4v) is 7.25. The first-order valence-corrected chi connectivity index (χ1v) is 16.0. The van der Waals surface area contributed by atoms with Gasteiger partial charge in [-0.25, -0.2) is 0 Å². The summed E-state index contributed by atoms with van der Waals surface area (Å²) in [5.41, 5.74) is 1.81. The van der Waals surface area contributed by atoms with Crippen LogP contribution in [0.5, 0.6) is 0 Å². The van der Waals surface area contributed by atoms with Gasteiger partial charge in [-0.3, -0.25) is 14.4 Å². The number of likely N-dealkylation sites (tertiary alicyclic amines) is 1. The highest BCUT2D eigenvalue weighted by atomic mass is 32.1. The SMILES string of the molecule is O=C(NC1(C(=O)N[C@H](Cc2ccccc2)C(=O)NCCCN2CCCC2)Cc2ccccc2C1)c1cc2ccccc2s1. The third kappa shape index (κ3) is 6.81. The lowest BCUT2D eigenvalue weighted by molar-refractivity contribution is -0.132. The molecule has 0 saturated carbocycles. The Labute approximate surface area is 256 Å². The summed E-state index contributed by atoms with van der Waals surface area (Å²) in [6.45, 7) is 3.76. The van der Waals surface area contributed by atoms with E-state index >= 15 is 0 Å². The van der Waals surface area contributed by atoms with E-state index in [9.17, 15) is 14.4 Å². The van der Waals surface area contributed by atoms with E-state index in [0.29, 0.717) is 30.7 Å². The number of fused-ring (bicyclic) bond motifs is 2. The third-order valence-electron chi connectivity index (χ3n) is 8.59. The second-order valence-electron chi connectivity index (χ2n) is 11.7. The molecule has 3 N–H and O–H groups in total. The van der Waals surface area contributed by atoms with E-state index in [1.807, 2.05) is 84.9 Å². The molecule has 6 rings (SSSR count). The van der Waals surface area contributed by atoms with Crippen LogP contribution in [-0.2, 0) is 28.9 Å². The van der Waals surface area contributed by atoms with Crippen LogP contribution in [0.1, 0.15) is 45.6 Å². The zero-order valence-electron chi connectivity index (χ0n) is 24.3. The molecule has 1 atom stereocenters. The molecule has 43 heavy (non-hydrogen) atoms. The molecule has 3 aromatic carbocycles. The van der Waals surface area contributed by atoms with Crippen LogP contribution in [0.3, 0.4) is 0 Å². The van der Waals surface area contributed by atoms with Crippen molar-refractivity contribution in [2.75, 3.05) is 26.2 Å². The van der Waals surface area contributed by atoms with Gasteiger partial charge in [-0.15, -0.1) is 11.3 Å². The van der Waals surface area contributed by atoms with E-state index in [0.717, 1.165) is 52.8 Å². The first-order valence-electron chi connectivity index (χ1n) is 15.2. The second-order valence-corrected chi connectivity index (χ2v) is 12.8. The van der Waals surface area contributed by atoms with Crippen molar-refractivity contribution in [3.8, 4) is 0 Å². The standard InChI is InChI=1S/C35H38N4O3S/c40-32(36-17-10-20-39-18-8-9-19-39)29(21-25-11-2-1-3-12-25)37-34(42)35(23-27-14-4-5-15-28(27)24-35)38-33(41)31-22-26-13-6-7-16-30(26)43-31/h1-7,11-16,22,29H,8-10,17-21,23-24H2,(H,36,40)(H,37,42)(H,38,41)/t29-/m1/s1. The van der Waals surface area contributed by atoms with Crippen molar-refractivity contribution in [2.45, 2.75) is 50.1 Å². The van der Waals surface area contributed by atoms with Gasteiger partial charge in [-0.05, 0) is 73.1 Å². The summed E-state index contributed by atoms with van der Waals surface area (Å²) in [6.07, 6.45) is 4.42. The van der Waals surface area contributed by atoms with Gasteiger partial charge in [0.25, 0.3) is 5.91 Å². The van der Waals surface area contributed by atoms with Gasteiger partial charge in [0.1, 0.15) is 11.6 Å². The number of amides is 3. The van der Waals surface area contributed by atoms with Crippen LogP contribution in [0.15, 0.2) is 84.9 Å². The van der Waals surface area contributed by atoms with E-state index in [4.69, 9.17) is 0 Å². The Bertz CT molecular complexity index is 1540. The highest BCUT2D eigenvalue weighted by Gasteiger charge is 2.46. The lowest BCUT2D eigenvalue weighted by Crippen LogP contribution is -2.63. The molecule has 1 aliphatic heterocycles. The van der Waals surface area contributed by atoms with Crippen molar-refractivity contribution in [3.63, 3.8) is 0 Å². The van der Waals surface area contributed by atoms with Crippen LogP contribution in [0.25, 0.3) is 10.1 Å². The number of carbonyl (C=O) groups is 3. The lowest BCUT2D eigenvalue weighted by atomic mass is 9.92. The molecule has 222 valence electrons. The number of benzene rings is 3. The maximum atomic E-state index is 14.3. The third-order valence-corrected chi connectivity index (χ3v) is 9.71. The molecule has 0 unspecified atom stereocenters. The van der Waals surface area contributed by atoms with Gasteiger partial charge in [0.15, 0.2) is 0 Å². The maximum Gasteiger partial charge on any atom is 0.262 e. The number of nitrogens with one attached hydrogen (secondary N) is 3. The number of nitrogens with zero attached hydrogens (tertiary/aromatic N) is 1. The Hall–Kier alpha value is -4.01. The molecule has 1 saturated heterocycles. The van der Waals surface area contributed by atoms with Crippen molar-refractivity contribution in [2.24, 2.45) is 0 Å². The molecule has 3 amide bonds. The molecule has 0 bridgehead atoms. The van der Waals surface area contributed by atoms with Crippen molar-refractivity contribution in [3.05, 3.63) is 106 Å². The van der Waals surface area contributed by atoms with Crippen LogP contribution in [-0.4, -0.2) is 60.4 Å². The summed E-state index contributed by atoms with van der Waals surface area (Å²) in [4.78, 5) is 44.5. The number of rotatable bonds is 11. The van der Waals surface area contributed by atoms with Crippen LogP contribution in [0.4, 0.5) is 0 Å². The Kier molecular flexibility index (Phi) is 8.86. The highest BCUT2D eigenvalue weighted by Crippen LogP contribution is 2.32. The Morgan fingerprint density at radius 3 is 2.26 bits per heavy atom. The Balaban J connectivity index is 1.21. The maximum absolute atomic E-state index is 14.3. The zero-order valence-corrected chi connectivity index (χ0v) is 25.1. The molecule has 7 nitrogen and oxygen atoms in total. The summed E-state index contributed by atoms with van der Waals surface area (Å²) in [5, 5.41) is 10.3. The topological polar surface area (TPSA) is 90.5 Å². The number of hydrogen-bond acceptors (Lipinski definition) is 5. The van der Waals surface area contributed by atoms with E-state index < -0.39 is 11.6 Å². The highest BCUT2D eigenvalue weighted by molar-refractivity contribution is 7.20. The van der Waals surface area contributed by atoms with Crippen molar-refractivity contribution in [1.82, 2.24) is 20.9 Å². The summed E-state index contributed by atoms with van der Waals surface area (Å²) >= 11 is 1.41. The minimum absolute atomic E-state index is 0.208. The average Bonchev–Trinajstić information content (AvgIpc) is 3.78. The molecule has 2 aliphatic rings. The predicted molar refractivity (Wildman–Crippen MR) is 171 cm³/mol. The van der Waals surface area contributed by atoms with E-state index in [-0.39, 0.29) is 17.7 Å². The second kappa shape index (κ2) is 13.1. The molecular weight excluding hydrogens is 556 g/mol. The van der Waals surface area contributed by atoms with E-state index in [1.165, 1.54) is 24.2 Å². The normalized spacial score (nSPS) is 16.5. The summed E-state index contributed by atoms with van der Waals surface area (Å²) in [5.74, 6) is -0.832. The molecule has 1 aromatic heterocycles. The first kappa shape index (κ1) is 29.1. The Morgan fingerprint density at radius 1 is 0.860 bits per heavy atom. The molecule has 1 aliphatic carbocycles. The molecule has 0 spiro atoms. The Morgan fingerprint density at radius 2 is 1.53 bits per heavy atom. The first-order chi connectivity index (χ1) is 21.0. The van der Waals surface area contributed by atoms with Gasteiger partial charge in [0.05, 0.1) is 4.88 Å². The molecule has 8 heteroatoms. The van der Waals surface area contributed by atoms with Gasteiger partial charge in [-0.2, -0.15) is 0 Å². The molecule has 4 aromatic rings.